The average molecular weight is 948 g/mol. The number of hydrogen-bond donors (Lipinski definition) is 2. The fourth-order valence-corrected chi connectivity index (χ4v) is 10.8. The summed E-state index contributed by atoms with van der Waals surface area (Å²) in [5, 5.41) is 11.8. The lowest BCUT2D eigenvalue weighted by Gasteiger charge is -2.37. The third-order valence-electron chi connectivity index (χ3n) is 13.0. The van der Waals surface area contributed by atoms with Crippen LogP contribution in [0.4, 0.5) is 26.1 Å². The van der Waals surface area contributed by atoms with E-state index >= 15 is 8.78 Å². The van der Waals surface area contributed by atoms with E-state index in [2.05, 4.69) is 34.9 Å². The van der Waals surface area contributed by atoms with Crippen molar-refractivity contribution in [3.8, 4) is 23.3 Å². The lowest BCUT2D eigenvalue weighted by Crippen LogP contribution is -2.52. The quantitative estimate of drug-likeness (QED) is 0.123. The molecule has 68 heavy (non-hydrogen) atoms. The Kier molecular flexibility index (Phi) is 13.2. The summed E-state index contributed by atoms with van der Waals surface area (Å²) < 4.78 is 65.9. The number of rotatable bonds is 12. The summed E-state index contributed by atoms with van der Waals surface area (Å²) in [6, 6.07) is 13.2. The number of aromatic nitrogens is 4. The average Bonchev–Trinajstić information content (AvgIpc) is 3.90. The number of hydrogen-bond acceptors (Lipinski definition) is 14. The number of piperidine rings is 2. The first-order chi connectivity index (χ1) is 32.8. The number of carbonyl (C=O) groups excluding carboxylic acids is 3. The fraction of sp³-hybridized carbons (Fsp3) is 0.383. The van der Waals surface area contributed by atoms with E-state index in [1.54, 1.807) is 12.1 Å². The molecule has 21 heteroatoms. The maximum Gasteiger partial charge on any atom is 0.266 e. The van der Waals surface area contributed by atoms with Gasteiger partial charge in [0.2, 0.25) is 33.7 Å². The van der Waals surface area contributed by atoms with Gasteiger partial charge in [-0.25, -0.2) is 32.2 Å². The summed E-state index contributed by atoms with van der Waals surface area (Å²) in [5.74, 6) is -2.56. The number of carbonyl (C=O) groups is 3. The van der Waals surface area contributed by atoms with Crippen molar-refractivity contribution in [3.05, 3.63) is 100 Å². The van der Waals surface area contributed by atoms with Crippen LogP contribution >= 0.6 is 0 Å². The lowest BCUT2D eigenvalue weighted by molar-refractivity contribution is -0.135. The smallest absolute Gasteiger partial charge is 0.266 e. The molecule has 352 valence electrons. The highest BCUT2D eigenvalue weighted by molar-refractivity contribution is 7.93. The van der Waals surface area contributed by atoms with Gasteiger partial charge in [-0.15, -0.1) is 0 Å². The first kappa shape index (κ1) is 46.0. The van der Waals surface area contributed by atoms with Crippen molar-refractivity contribution in [2.75, 3.05) is 55.4 Å². The second kappa shape index (κ2) is 19.6. The highest BCUT2D eigenvalue weighted by atomic mass is 32.2. The van der Waals surface area contributed by atoms with E-state index in [1.807, 2.05) is 15.9 Å². The number of piperazine rings is 1. The number of nitrogens with zero attached hydrogens (tertiary/aromatic N) is 9. The third kappa shape index (κ3) is 9.92. The van der Waals surface area contributed by atoms with Gasteiger partial charge in [0.25, 0.3) is 5.56 Å². The van der Waals surface area contributed by atoms with Crippen molar-refractivity contribution in [2.24, 2.45) is 10.9 Å². The monoisotopic (exact) mass is 947 g/mol. The first-order valence-corrected chi connectivity index (χ1v) is 24.1. The van der Waals surface area contributed by atoms with E-state index < -0.39 is 44.2 Å². The zero-order valence-corrected chi connectivity index (χ0v) is 37.6. The molecule has 1 unspecified atom stereocenters. The number of nitriles is 1. The van der Waals surface area contributed by atoms with Gasteiger partial charge in [-0.2, -0.15) is 5.26 Å². The number of anilines is 2. The highest BCUT2D eigenvalue weighted by Gasteiger charge is 2.31. The van der Waals surface area contributed by atoms with Gasteiger partial charge in [-0.1, -0.05) is 18.9 Å². The van der Waals surface area contributed by atoms with Crippen LogP contribution in [0.5, 0.6) is 11.5 Å². The molecule has 9 rings (SSSR count). The number of fused-ring (bicyclic) bond motifs is 1. The summed E-state index contributed by atoms with van der Waals surface area (Å²) in [5.41, 5.74) is 0.697. The number of ether oxygens (including phenoxy) is 1. The fourth-order valence-electron chi connectivity index (χ4n) is 9.16. The minimum Gasteiger partial charge on any atom is -0.453 e. The molecule has 0 bridgehead atoms. The van der Waals surface area contributed by atoms with E-state index in [1.165, 1.54) is 59.8 Å². The molecule has 3 aromatic carbocycles. The molecule has 18 nitrogen and oxygen atoms in total. The highest BCUT2D eigenvalue weighted by Crippen LogP contribution is 2.36. The van der Waals surface area contributed by atoms with Crippen molar-refractivity contribution in [3.63, 3.8) is 0 Å². The standard InChI is InChI=1S/C47H47F2N11O7S/c48-38-9-11-41(56-68(65,66)34-3-1-2-4-34)37(23-50)44(38)67-33-7-10-40-36(22-33)46(64)60(28-54-40)32-25-52-47(53-26-32)59-19-17-58(18-20-59)43(62)27-57-15-13-29(14-16-57)35-8-6-31(21-39(35)49)51-24-30-5-12-42(61)55-45(30)63/h6-11,21-22,24-26,28-30,34,56H,1-5,12-20,27H2,(H,55,61,63). The van der Waals surface area contributed by atoms with Gasteiger partial charge in [0.15, 0.2) is 11.6 Å². The molecule has 4 aliphatic rings. The molecule has 3 saturated heterocycles. The van der Waals surface area contributed by atoms with E-state index in [0.717, 1.165) is 18.9 Å². The van der Waals surface area contributed by atoms with Gasteiger partial charge in [0.05, 0.1) is 58.1 Å². The van der Waals surface area contributed by atoms with Crippen LogP contribution in [0.1, 0.15) is 68.4 Å². The molecule has 2 N–H and O–H groups in total. The van der Waals surface area contributed by atoms with E-state index in [9.17, 15) is 32.9 Å². The number of imide groups is 1. The van der Waals surface area contributed by atoms with Crippen LogP contribution in [0.3, 0.4) is 0 Å². The molecule has 1 atom stereocenters. The van der Waals surface area contributed by atoms with Crippen molar-refractivity contribution in [1.29, 1.82) is 5.26 Å². The normalized spacial score (nSPS) is 18.8. The lowest BCUT2D eigenvalue weighted by atomic mass is 9.89. The minimum atomic E-state index is -3.83. The Hall–Kier alpha value is -7.18. The number of sulfonamides is 1. The summed E-state index contributed by atoms with van der Waals surface area (Å²) in [7, 11) is -3.83. The van der Waals surface area contributed by atoms with Crippen molar-refractivity contribution < 1.29 is 36.3 Å². The number of halogens is 2. The molecule has 1 saturated carbocycles. The van der Waals surface area contributed by atoms with Gasteiger partial charge < -0.3 is 14.5 Å². The number of nitrogens with one attached hydrogen (secondary N) is 2. The Bertz CT molecular complexity index is 3010. The van der Waals surface area contributed by atoms with E-state index in [4.69, 9.17) is 4.74 Å². The van der Waals surface area contributed by atoms with Crippen molar-refractivity contribution in [1.82, 2.24) is 34.6 Å². The molecule has 0 spiro atoms. The maximum atomic E-state index is 15.2. The summed E-state index contributed by atoms with van der Waals surface area (Å²) in [6.45, 7) is 3.44. The van der Waals surface area contributed by atoms with Crippen LogP contribution in [0.15, 0.2) is 77.0 Å². The molecule has 3 amide bonds. The van der Waals surface area contributed by atoms with Crippen LogP contribution in [-0.4, -0.2) is 113 Å². The molecule has 2 aromatic heterocycles. The van der Waals surface area contributed by atoms with E-state index in [-0.39, 0.29) is 58.9 Å². The number of benzene rings is 3. The van der Waals surface area contributed by atoms with Gasteiger partial charge in [0.1, 0.15) is 29.5 Å². The molecular weight excluding hydrogens is 901 g/mol. The first-order valence-electron chi connectivity index (χ1n) is 22.5. The molecule has 1 aliphatic carbocycles. The Labute approximate surface area is 389 Å². The number of likely N-dealkylation sites (tertiary alicyclic amines) is 1. The summed E-state index contributed by atoms with van der Waals surface area (Å²) >= 11 is 0. The molecule has 4 fully saturated rings. The largest absolute Gasteiger partial charge is 0.453 e. The van der Waals surface area contributed by atoms with E-state index in [0.29, 0.717) is 99.8 Å². The van der Waals surface area contributed by atoms with Crippen molar-refractivity contribution in [2.45, 2.75) is 62.5 Å². The van der Waals surface area contributed by atoms with Gasteiger partial charge in [-0.3, -0.25) is 43.7 Å². The minimum absolute atomic E-state index is 0.00476. The SMILES string of the molecule is N#Cc1c(NS(=O)(=O)C2CCCC2)ccc(F)c1Oc1ccc2ncn(-c3cnc(N4CCN(C(=O)CN5CCC(c6ccc(N=CC7CCC(=O)NC7=O)cc6F)CC5)CC4)nc3)c(=O)c2c1. The maximum absolute atomic E-state index is 15.2. The second-order valence-corrected chi connectivity index (χ2v) is 19.3. The molecular formula is C47H47F2N11O7S. The van der Waals surface area contributed by atoms with Gasteiger partial charge in [0, 0.05) is 38.8 Å². The Morgan fingerprint density at radius 3 is 2.37 bits per heavy atom. The van der Waals surface area contributed by atoms with Crippen LogP contribution < -0.4 is 25.2 Å². The Morgan fingerprint density at radius 2 is 1.66 bits per heavy atom. The second-order valence-electron chi connectivity index (χ2n) is 17.4. The van der Waals surface area contributed by atoms with Crippen LogP contribution in [-0.2, 0) is 24.4 Å². The molecule has 5 heterocycles. The van der Waals surface area contributed by atoms with Crippen LogP contribution in [0, 0.1) is 28.9 Å². The predicted octanol–water partition coefficient (Wildman–Crippen LogP) is 5.09. The number of amides is 3. The molecule has 0 radical (unpaired) electrons. The number of aliphatic imine (C=N–C) groups is 1. The topological polar surface area (TPSA) is 225 Å². The van der Waals surface area contributed by atoms with Crippen LogP contribution in [0.25, 0.3) is 16.6 Å². The summed E-state index contributed by atoms with van der Waals surface area (Å²) in [4.78, 5) is 74.1. The third-order valence-corrected chi connectivity index (χ3v) is 14.9. The Morgan fingerprint density at radius 1 is 0.912 bits per heavy atom. The van der Waals surface area contributed by atoms with Gasteiger partial charge >= 0.3 is 0 Å². The van der Waals surface area contributed by atoms with Gasteiger partial charge in [-0.05, 0) is 99.1 Å². The molecule has 3 aliphatic heterocycles. The molecule has 5 aromatic rings. The predicted molar refractivity (Wildman–Crippen MR) is 247 cm³/mol. The zero-order chi connectivity index (χ0) is 47.5. The Balaban J connectivity index is 0.776. The van der Waals surface area contributed by atoms with Crippen molar-refractivity contribution >= 4 is 62.2 Å². The summed E-state index contributed by atoms with van der Waals surface area (Å²) in [6.07, 6.45) is 10.3. The zero-order valence-electron chi connectivity index (χ0n) is 36.8. The van der Waals surface area contributed by atoms with Crippen LogP contribution in [0.2, 0.25) is 0 Å².